The third kappa shape index (κ3) is 2.70. The van der Waals surface area contributed by atoms with Gasteiger partial charge in [0, 0.05) is 24.5 Å². The lowest BCUT2D eigenvalue weighted by Gasteiger charge is -2.30. The molecule has 0 spiro atoms. The van der Waals surface area contributed by atoms with Crippen LogP contribution in [-0.4, -0.2) is 30.7 Å². The zero-order valence-corrected chi connectivity index (χ0v) is 9.77. The van der Waals surface area contributed by atoms with Crippen molar-refractivity contribution in [3.05, 3.63) is 21.3 Å². The number of hydrogen-bond donors (Lipinski definition) is 0. The Morgan fingerprint density at radius 1 is 1.64 bits per heavy atom. The zero-order chi connectivity index (χ0) is 9.97. The summed E-state index contributed by atoms with van der Waals surface area (Å²) in [6, 6.07) is 4.07. The van der Waals surface area contributed by atoms with E-state index in [4.69, 9.17) is 16.3 Å². The summed E-state index contributed by atoms with van der Waals surface area (Å²) in [6.07, 6.45) is 0.360. The van der Waals surface area contributed by atoms with Crippen molar-refractivity contribution in [3.63, 3.8) is 0 Å². The van der Waals surface area contributed by atoms with Gasteiger partial charge < -0.3 is 4.74 Å². The van der Waals surface area contributed by atoms with Crippen molar-refractivity contribution < 1.29 is 4.74 Å². The first kappa shape index (κ1) is 10.4. The Labute approximate surface area is 93.4 Å². The number of nitrogens with zero attached hydrogens (tertiary/aromatic N) is 1. The molecule has 1 fully saturated rings. The molecule has 0 bridgehead atoms. The SMILES string of the molecule is CC1CN(Cc2ccc(Cl)s2)CCO1. The van der Waals surface area contributed by atoms with Crippen molar-refractivity contribution in [3.8, 4) is 0 Å². The molecule has 0 aromatic carbocycles. The van der Waals surface area contributed by atoms with E-state index in [9.17, 15) is 0 Å². The molecule has 0 saturated carbocycles. The smallest absolute Gasteiger partial charge is 0.0931 e. The zero-order valence-electron chi connectivity index (χ0n) is 8.20. The van der Waals surface area contributed by atoms with Crippen molar-refractivity contribution in [1.82, 2.24) is 4.90 Å². The molecule has 2 heterocycles. The van der Waals surface area contributed by atoms with E-state index < -0.39 is 0 Å². The fraction of sp³-hybridized carbons (Fsp3) is 0.600. The number of hydrogen-bond acceptors (Lipinski definition) is 3. The summed E-state index contributed by atoms with van der Waals surface area (Å²) in [6.45, 7) is 6.02. The van der Waals surface area contributed by atoms with Crippen LogP contribution >= 0.6 is 22.9 Å². The Kier molecular flexibility index (Phi) is 3.44. The van der Waals surface area contributed by atoms with Crippen LogP contribution in [-0.2, 0) is 11.3 Å². The molecule has 1 unspecified atom stereocenters. The molecule has 2 nitrogen and oxygen atoms in total. The van der Waals surface area contributed by atoms with Gasteiger partial charge in [-0.05, 0) is 19.1 Å². The second-order valence-corrected chi connectivity index (χ2v) is 5.42. The van der Waals surface area contributed by atoms with Gasteiger partial charge in [0.05, 0.1) is 17.0 Å². The van der Waals surface area contributed by atoms with Crippen LogP contribution in [0.15, 0.2) is 12.1 Å². The minimum atomic E-state index is 0.360. The van der Waals surface area contributed by atoms with Gasteiger partial charge in [-0.2, -0.15) is 0 Å². The molecule has 1 saturated heterocycles. The summed E-state index contributed by atoms with van der Waals surface area (Å²) in [5.74, 6) is 0. The van der Waals surface area contributed by atoms with Crippen molar-refractivity contribution in [1.29, 1.82) is 0 Å². The standard InChI is InChI=1S/C10H14ClNOS/c1-8-6-12(4-5-13-8)7-9-2-3-10(11)14-9/h2-3,8H,4-7H2,1H3. The average Bonchev–Trinajstić information content (AvgIpc) is 2.51. The number of halogens is 1. The molecule has 0 N–H and O–H groups in total. The fourth-order valence-electron chi connectivity index (χ4n) is 1.69. The van der Waals surface area contributed by atoms with Gasteiger partial charge in [-0.15, -0.1) is 11.3 Å². The largest absolute Gasteiger partial charge is 0.376 e. The fourth-order valence-corrected chi connectivity index (χ4v) is 2.82. The molecule has 4 heteroatoms. The van der Waals surface area contributed by atoms with E-state index >= 15 is 0 Å². The lowest BCUT2D eigenvalue weighted by Crippen LogP contribution is -2.40. The highest BCUT2D eigenvalue weighted by atomic mass is 35.5. The Hall–Kier alpha value is -0.0900. The Morgan fingerprint density at radius 3 is 3.14 bits per heavy atom. The maximum absolute atomic E-state index is 5.88. The first-order chi connectivity index (χ1) is 6.74. The van der Waals surface area contributed by atoms with Gasteiger partial charge in [-0.1, -0.05) is 11.6 Å². The predicted octanol–water partition coefficient (Wildman–Crippen LogP) is 2.62. The maximum Gasteiger partial charge on any atom is 0.0931 e. The lowest BCUT2D eigenvalue weighted by molar-refractivity contribution is -0.0208. The molecule has 0 aliphatic carbocycles. The first-order valence-corrected chi connectivity index (χ1v) is 6.01. The van der Waals surface area contributed by atoms with Crippen molar-refractivity contribution in [2.75, 3.05) is 19.7 Å². The van der Waals surface area contributed by atoms with Crippen LogP contribution in [0.5, 0.6) is 0 Å². The number of morpholine rings is 1. The van der Waals surface area contributed by atoms with E-state index in [2.05, 4.69) is 17.9 Å². The van der Waals surface area contributed by atoms with Crippen LogP contribution in [0, 0.1) is 0 Å². The normalized spacial score (nSPS) is 24.0. The van der Waals surface area contributed by atoms with Gasteiger partial charge in [0.25, 0.3) is 0 Å². The van der Waals surface area contributed by atoms with Gasteiger partial charge in [0.1, 0.15) is 0 Å². The molecule has 78 valence electrons. The molecule has 0 radical (unpaired) electrons. The van der Waals surface area contributed by atoms with Crippen LogP contribution in [0.1, 0.15) is 11.8 Å². The van der Waals surface area contributed by atoms with Crippen molar-refractivity contribution in [2.45, 2.75) is 19.6 Å². The number of thiophene rings is 1. The second-order valence-electron chi connectivity index (χ2n) is 3.62. The summed E-state index contributed by atoms with van der Waals surface area (Å²) in [7, 11) is 0. The van der Waals surface area contributed by atoms with E-state index in [-0.39, 0.29) is 0 Å². The van der Waals surface area contributed by atoms with Gasteiger partial charge in [0.15, 0.2) is 0 Å². The molecular formula is C10H14ClNOS. The maximum atomic E-state index is 5.88. The first-order valence-electron chi connectivity index (χ1n) is 4.82. The Balaban J connectivity index is 1.90. The van der Waals surface area contributed by atoms with Gasteiger partial charge in [-0.25, -0.2) is 0 Å². The van der Waals surface area contributed by atoms with Crippen LogP contribution in [0.4, 0.5) is 0 Å². The highest BCUT2D eigenvalue weighted by Crippen LogP contribution is 2.23. The van der Waals surface area contributed by atoms with E-state index in [0.717, 1.165) is 30.6 Å². The van der Waals surface area contributed by atoms with E-state index in [1.165, 1.54) is 4.88 Å². The highest BCUT2D eigenvalue weighted by molar-refractivity contribution is 7.16. The topological polar surface area (TPSA) is 12.5 Å². The second kappa shape index (κ2) is 4.62. The van der Waals surface area contributed by atoms with E-state index in [1.54, 1.807) is 11.3 Å². The number of ether oxygens (including phenoxy) is 1. The quantitative estimate of drug-likeness (QED) is 0.776. The third-order valence-electron chi connectivity index (χ3n) is 2.33. The molecular weight excluding hydrogens is 218 g/mol. The molecule has 1 aromatic heterocycles. The predicted molar refractivity (Wildman–Crippen MR) is 60.0 cm³/mol. The van der Waals surface area contributed by atoms with E-state index in [0.29, 0.717) is 6.10 Å². The Bertz CT molecular complexity index is 302. The summed E-state index contributed by atoms with van der Waals surface area (Å²) in [5.41, 5.74) is 0. The average molecular weight is 232 g/mol. The van der Waals surface area contributed by atoms with Gasteiger partial charge in [-0.3, -0.25) is 4.90 Å². The summed E-state index contributed by atoms with van der Waals surface area (Å²) in [4.78, 5) is 3.75. The van der Waals surface area contributed by atoms with Gasteiger partial charge >= 0.3 is 0 Å². The number of rotatable bonds is 2. The van der Waals surface area contributed by atoms with Crippen LogP contribution in [0.25, 0.3) is 0 Å². The van der Waals surface area contributed by atoms with Crippen molar-refractivity contribution >= 4 is 22.9 Å². The third-order valence-corrected chi connectivity index (χ3v) is 3.55. The molecule has 2 rings (SSSR count). The highest BCUT2D eigenvalue weighted by Gasteiger charge is 2.16. The summed E-state index contributed by atoms with van der Waals surface area (Å²) in [5, 5.41) is 0. The van der Waals surface area contributed by atoms with Gasteiger partial charge in [0.2, 0.25) is 0 Å². The minimum absolute atomic E-state index is 0.360. The van der Waals surface area contributed by atoms with Crippen LogP contribution in [0.2, 0.25) is 4.34 Å². The Morgan fingerprint density at radius 2 is 2.50 bits per heavy atom. The van der Waals surface area contributed by atoms with Crippen LogP contribution in [0.3, 0.4) is 0 Å². The molecule has 14 heavy (non-hydrogen) atoms. The molecule has 0 amide bonds. The van der Waals surface area contributed by atoms with Crippen molar-refractivity contribution in [2.24, 2.45) is 0 Å². The lowest BCUT2D eigenvalue weighted by atomic mass is 10.3. The monoisotopic (exact) mass is 231 g/mol. The summed E-state index contributed by atoms with van der Waals surface area (Å²) >= 11 is 7.55. The van der Waals surface area contributed by atoms with Crippen LogP contribution < -0.4 is 0 Å². The summed E-state index contributed by atoms with van der Waals surface area (Å²) < 4.78 is 6.36. The minimum Gasteiger partial charge on any atom is -0.376 e. The molecule has 1 atom stereocenters. The van der Waals surface area contributed by atoms with E-state index in [1.807, 2.05) is 6.07 Å². The molecule has 1 aromatic rings. The molecule has 1 aliphatic rings. The molecule has 1 aliphatic heterocycles.